The Morgan fingerprint density at radius 2 is 1.52 bits per heavy atom. The van der Waals surface area contributed by atoms with Crippen LogP contribution >= 0.6 is 0 Å². The Bertz CT molecular complexity index is 600. The fourth-order valence-corrected chi connectivity index (χ4v) is 1.76. The minimum atomic E-state index is -0.673. The van der Waals surface area contributed by atoms with E-state index in [0.29, 0.717) is 5.76 Å². The van der Waals surface area contributed by atoms with E-state index in [1.165, 1.54) is 0 Å². The Balaban J connectivity index is 1.74. The number of aryl methyl sites for hydroxylation is 1. The number of hydrogen-bond donors (Lipinski definition) is 0. The van der Waals surface area contributed by atoms with E-state index in [0.717, 1.165) is 17.7 Å². The molecule has 0 bridgehead atoms. The highest BCUT2D eigenvalue weighted by atomic mass is 17.2. The van der Waals surface area contributed by atoms with E-state index in [4.69, 9.17) is 4.42 Å². The van der Waals surface area contributed by atoms with Gasteiger partial charge in [-0.1, -0.05) is 37.3 Å². The van der Waals surface area contributed by atoms with Crippen LogP contribution in [0, 0.1) is 0 Å². The molecule has 1 heterocycles. The third-order valence-corrected chi connectivity index (χ3v) is 2.80. The second kappa shape index (κ2) is 7.28. The van der Waals surface area contributed by atoms with Gasteiger partial charge in [0, 0.05) is 6.42 Å². The first-order chi connectivity index (χ1) is 10.2. The lowest BCUT2D eigenvalue weighted by molar-refractivity contribution is -0.258. The van der Waals surface area contributed by atoms with Gasteiger partial charge in [-0.05, 0) is 17.7 Å². The maximum atomic E-state index is 11.5. The van der Waals surface area contributed by atoms with Gasteiger partial charge >= 0.3 is 11.9 Å². The van der Waals surface area contributed by atoms with Crippen LogP contribution in [0.1, 0.15) is 24.0 Å². The lowest BCUT2D eigenvalue weighted by Gasteiger charge is -2.02. The van der Waals surface area contributed by atoms with Crippen LogP contribution in [0.2, 0.25) is 0 Å². The summed E-state index contributed by atoms with van der Waals surface area (Å²) in [7, 11) is 0. The zero-order valence-electron chi connectivity index (χ0n) is 11.7. The van der Waals surface area contributed by atoms with E-state index in [1.54, 1.807) is 24.3 Å². The highest BCUT2D eigenvalue weighted by Crippen LogP contribution is 2.10. The van der Waals surface area contributed by atoms with Crippen molar-refractivity contribution in [1.82, 2.24) is 0 Å². The molecule has 0 amide bonds. The Morgan fingerprint density at radius 3 is 2.14 bits per heavy atom. The zero-order valence-corrected chi connectivity index (χ0v) is 11.7. The summed E-state index contributed by atoms with van der Waals surface area (Å²) in [4.78, 5) is 32.0. The maximum Gasteiger partial charge on any atom is 0.363 e. The van der Waals surface area contributed by atoms with Crippen LogP contribution in [0.4, 0.5) is 0 Å². The number of rotatable bonds is 5. The van der Waals surface area contributed by atoms with Crippen LogP contribution in [0.5, 0.6) is 0 Å². The minimum absolute atomic E-state index is 0.0505. The molecule has 0 atom stereocenters. The summed E-state index contributed by atoms with van der Waals surface area (Å²) in [6.45, 7) is 1.95. The lowest BCUT2D eigenvalue weighted by atomic mass is 10.2. The van der Waals surface area contributed by atoms with Crippen LogP contribution < -0.4 is 0 Å². The third kappa shape index (κ3) is 4.80. The van der Waals surface area contributed by atoms with E-state index in [-0.39, 0.29) is 12.8 Å². The Morgan fingerprint density at radius 1 is 0.905 bits per heavy atom. The van der Waals surface area contributed by atoms with E-state index in [9.17, 15) is 9.59 Å². The van der Waals surface area contributed by atoms with Crippen LogP contribution in [0.25, 0.3) is 0 Å². The fraction of sp³-hybridized carbons (Fsp3) is 0.250. The molecule has 0 saturated heterocycles. The van der Waals surface area contributed by atoms with Gasteiger partial charge < -0.3 is 4.42 Å². The maximum absolute atomic E-state index is 11.5. The number of carbonyl (C=O) groups is 2. The van der Waals surface area contributed by atoms with Gasteiger partial charge in [-0.15, -0.1) is 0 Å². The second-order valence-corrected chi connectivity index (χ2v) is 4.47. The molecule has 0 unspecified atom stereocenters. The van der Waals surface area contributed by atoms with Gasteiger partial charge in [-0.3, -0.25) is 0 Å². The third-order valence-electron chi connectivity index (χ3n) is 2.80. The van der Waals surface area contributed by atoms with Crippen molar-refractivity contribution in [3.63, 3.8) is 0 Å². The van der Waals surface area contributed by atoms with Crippen LogP contribution in [-0.2, 0) is 38.6 Å². The minimum Gasteiger partial charge on any atom is -0.465 e. The van der Waals surface area contributed by atoms with Crippen molar-refractivity contribution in [1.29, 1.82) is 0 Å². The lowest BCUT2D eigenvalue weighted by Crippen LogP contribution is -2.14. The molecule has 0 spiro atoms. The predicted molar refractivity (Wildman–Crippen MR) is 74.1 cm³/mol. The molecule has 0 aliphatic rings. The number of carbonyl (C=O) groups excluding carboxylic acids is 2. The summed E-state index contributed by atoms with van der Waals surface area (Å²) in [5, 5.41) is 0. The average Bonchev–Trinajstić information content (AvgIpc) is 2.94. The van der Waals surface area contributed by atoms with E-state index in [2.05, 4.69) is 9.78 Å². The molecule has 0 aliphatic carbocycles. The highest BCUT2D eigenvalue weighted by Gasteiger charge is 2.13. The first kappa shape index (κ1) is 14.8. The van der Waals surface area contributed by atoms with Gasteiger partial charge in [0.1, 0.15) is 17.9 Å². The van der Waals surface area contributed by atoms with Crippen molar-refractivity contribution in [2.24, 2.45) is 0 Å². The normalized spacial score (nSPS) is 10.1. The monoisotopic (exact) mass is 288 g/mol. The molecule has 0 saturated carbocycles. The van der Waals surface area contributed by atoms with E-state index < -0.39 is 11.9 Å². The molecule has 110 valence electrons. The van der Waals surface area contributed by atoms with Crippen molar-refractivity contribution in [3.8, 4) is 0 Å². The van der Waals surface area contributed by atoms with Gasteiger partial charge in [-0.2, -0.15) is 0 Å². The molecule has 1 aromatic carbocycles. The highest BCUT2D eigenvalue weighted by molar-refractivity contribution is 5.75. The first-order valence-electron chi connectivity index (χ1n) is 6.69. The first-order valence-corrected chi connectivity index (χ1v) is 6.69. The Labute approximate surface area is 122 Å². The van der Waals surface area contributed by atoms with Gasteiger partial charge in [0.15, 0.2) is 0 Å². The largest absolute Gasteiger partial charge is 0.465 e. The molecule has 5 nitrogen and oxygen atoms in total. The molecule has 0 fully saturated rings. The Kier molecular flexibility index (Phi) is 5.15. The molecule has 2 rings (SSSR count). The standard InChI is InChI=1S/C16H16O5/c1-2-13-8-9-14(19-13)11-16(18)21-20-15(17)10-12-6-4-3-5-7-12/h3-9H,2,10-11H2,1H3. The smallest absolute Gasteiger partial charge is 0.363 e. The van der Waals surface area contributed by atoms with Crippen molar-refractivity contribution in [3.05, 3.63) is 59.5 Å². The fourth-order valence-electron chi connectivity index (χ4n) is 1.76. The van der Waals surface area contributed by atoms with Crippen molar-refractivity contribution < 1.29 is 23.8 Å². The van der Waals surface area contributed by atoms with Gasteiger partial charge in [0.05, 0.1) is 6.42 Å². The van der Waals surface area contributed by atoms with E-state index in [1.807, 2.05) is 25.1 Å². The molecular formula is C16H16O5. The predicted octanol–water partition coefficient (Wildman–Crippen LogP) is 2.63. The summed E-state index contributed by atoms with van der Waals surface area (Å²) >= 11 is 0. The quantitative estimate of drug-likeness (QED) is 0.625. The SMILES string of the molecule is CCc1ccc(CC(=O)OOC(=O)Cc2ccccc2)o1. The van der Waals surface area contributed by atoms with Crippen molar-refractivity contribution >= 4 is 11.9 Å². The van der Waals surface area contributed by atoms with Crippen molar-refractivity contribution in [2.75, 3.05) is 0 Å². The average molecular weight is 288 g/mol. The van der Waals surface area contributed by atoms with Gasteiger partial charge in [-0.25, -0.2) is 19.4 Å². The van der Waals surface area contributed by atoms with Crippen LogP contribution in [0.3, 0.4) is 0 Å². The Hall–Kier alpha value is -2.56. The molecule has 0 radical (unpaired) electrons. The van der Waals surface area contributed by atoms with Crippen LogP contribution in [0.15, 0.2) is 46.9 Å². The molecule has 5 heteroatoms. The molecule has 1 aromatic heterocycles. The molecule has 2 aromatic rings. The summed E-state index contributed by atoms with van der Waals surface area (Å²) in [6, 6.07) is 12.6. The number of hydrogen-bond acceptors (Lipinski definition) is 5. The summed E-state index contributed by atoms with van der Waals surface area (Å²) in [5.41, 5.74) is 0.789. The van der Waals surface area contributed by atoms with E-state index >= 15 is 0 Å². The molecular weight excluding hydrogens is 272 g/mol. The topological polar surface area (TPSA) is 65.7 Å². The van der Waals surface area contributed by atoms with Crippen molar-refractivity contribution in [2.45, 2.75) is 26.2 Å². The summed E-state index contributed by atoms with van der Waals surface area (Å²) < 4.78 is 5.36. The second-order valence-electron chi connectivity index (χ2n) is 4.47. The molecule has 21 heavy (non-hydrogen) atoms. The summed E-state index contributed by atoms with van der Waals surface area (Å²) in [5.74, 6) is -0.0218. The number of benzene rings is 1. The molecule has 0 N–H and O–H groups in total. The molecule has 0 aliphatic heterocycles. The number of furan rings is 1. The zero-order chi connectivity index (χ0) is 15.1. The van der Waals surface area contributed by atoms with Gasteiger partial charge in [0.2, 0.25) is 0 Å². The summed E-state index contributed by atoms with van der Waals surface area (Å²) in [6.07, 6.45) is 0.731. The van der Waals surface area contributed by atoms with Gasteiger partial charge in [0.25, 0.3) is 0 Å². The van der Waals surface area contributed by atoms with Crippen LogP contribution in [-0.4, -0.2) is 11.9 Å².